The maximum absolute atomic E-state index is 12.1. The largest absolute Gasteiger partial charge is 0.340 e. The van der Waals surface area contributed by atoms with Gasteiger partial charge < -0.3 is 10.2 Å². The average Bonchev–Trinajstić information content (AvgIpc) is 2.27. The topological polar surface area (TPSA) is 35.6 Å². The van der Waals surface area contributed by atoms with Crippen molar-refractivity contribution in [2.45, 2.75) is 12.6 Å². The number of nitrogens with zero attached hydrogens (tertiary/aromatic N) is 2. The molecule has 4 nitrogen and oxygen atoms in total. The van der Waals surface area contributed by atoms with Crippen molar-refractivity contribution >= 4 is 18.3 Å². The predicted octanol–water partition coefficient (Wildman–Crippen LogP) is 0.970. The van der Waals surface area contributed by atoms with Gasteiger partial charge in [-0.25, -0.2) is 0 Å². The van der Waals surface area contributed by atoms with Crippen molar-refractivity contribution < 1.29 is 4.79 Å². The second-order valence-electron chi connectivity index (χ2n) is 4.96. The molecule has 0 aromatic heterocycles. The standard InChI is InChI=1S/C14H21N3O.ClH/c1-16(13-8-15-9-13)11-14(18)17(2)10-12-6-4-3-5-7-12;/h3-7,13,15H,8-11H2,1-2H3;1H. The van der Waals surface area contributed by atoms with Crippen molar-refractivity contribution in [3.8, 4) is 0 Å². The van der Waals surface area contributed by atoms with Crippen LogP contribution in [-0.4, -0.2) is 55.5 Å². The predicted molar refractivity (Wildman–Crippen MR) is 79.5 cm³/mol. The number of amides is 1. The molecule has 19 heavy (non-hydrogen) atoms. The van der Waals surface area contributed by atoms with E-state index in [2.05, 4.69) is 10.2 Å². The monoisotopic (exact) mass is 283 g/mol. The molecule has 1 amide bonds. The fraction of sp³-hybridized carbons (Fsp3) is 0.500. The summed E-state index contributed by atoms with van der Waals surface area (Å²) in [5, 5.41) is 3.22. The average molecular weight is 284 g/mol. The molecule has 0 saturated carbocycles. The zero-order valence-corrected chi connectivity index (χ0v) is 12.3. The molecule has 1 aliphatic rings. The maximum atomic E-state index is 12.1. The van der Waals surface area contributed by atoms with Crippen molar-refractivity contribution in [2.24, 2.45) is 0 Å². The lowest BCUT2D eigenvalue weighted by Crippen LogP contribution is -2.57. The van der Waals surface area contributed by atoms with Crippen LogP contribution in [0.25, 0.3) is 0 Å². The van der Waals surface area contributed by atoms with Crippen LogP contribution in [0.4, 0.5) is 0 Å². The first-order valence-electron chi connectivity index (χ1n) is 6.35. The molecule has 0 bridgehead atoms. The second-order valence-corrected chi connectivity index (χ2v) is 4.96. The minimum Gasteiger partial charge on any atom is -0.340 e. The summed E-state index contributed by atoms with van der Waals surface area (Å²) in [6.45, 7) is 3.16. The number of hydrogen-bond acceptors (Lipinski definition) is 3. The fourth-order valence-electron chi connectivity index (χ4n) is 1.99. The molecule has 0 aliphatic carbocycles. The molecule has 0 unspecified atom stereocenters. The Kier molecular flexibility index (Phi) is 6.28. The van der Waals surface area contributed by atoms with Crippen molar-refractivity contribution in [1.29, 1.82) is 0 Å². The summed E-state index contributed by atoms with van der Waals surface area (Å²) < 4.78 is 0. The van der Waals surface area contributed by atoms with Crippen molar-refractivity contribution in [3.63, 3.8) is 0 Å². The van der Waals surface area contributed by atoms with Gasteiger partial charge in [-0.3, -0.25) is 9.69 Å². The summed E-state index contributed by atoms with van der Waals surface area (Å²) in [5.74, 6) is 0.174. The third-order valence-electron chi connectivity index (χ3n) is 3.46. The van der Waals surface area contributed by atoms with Gasteiger partial charge in [0.05, 0.1) is 6.54 Å². The van der Waals surface area contributed by atoms with Gasteiger partial charge in [0, 0.05) is 32.7 Å². The molecule has 5 heteroatoms. The molecule has 1 N–H and O–H groups in total. The normalized spacial score (nSPS) is 14.7. The van der Waals surface area contributed by atoms with Gasteiger partial charge in [-0.1, -0.05) is 30.3 Å². The van der Waals surface area contributed by atoms with E-state index in [4.69, 9.17) is 0 Å². The van der Waals surface area contributed by atoms with Crippen LogP contribution >= 0.6 is 12.4 Å². The lowest BCUT2D eigenvalue weighted by molar-refractivity contribution is -0.132. The maximum Gasteiger partial charge on any atom is 0.236 e. The van der Waals surface area contributed by atoms with Crippen LogP contribution in [0.15, 0.2) is 30.3 Å². The van der Waals surface area contributed by atoms with E-state index >= 15 is 0 Å². The SMILES string of the molecule is CN(Cc1ccccc1)C(=O)CN(C)C1CNC1.Cl. The Hall–Kier alpha value is -1.10. The number of benzene rings is 1. The Morgan fingerprint density at radius 1 is 1.26 bits per heavy atom. The molecule has 0 spiro atoms. The van der Waals surface area contributed by atoms with Crippen LogP contribution in [0.5, 0.6) is 0 Å². The van der Waals surface area contributed by atoms with E-state index in [0.29, 0.717) is 19.1 Å². The number of likely N-dealkylation sites (N-methyl/N-ethyl adjacent to an activating group) is 2. The summed E-state index contributed by atoms with van der Waals surface area (Å²) >= 11 is 0. The van der Waals surface area contributed by atoms with E-state index in [0.717, 1.165) is 13.1 Å². The van der Waals surface area contributed by atoms with E-state index in [1.165, 1.54) is 5.56 Å². The van der Waals surface area contributed by atoms with Gasteiger partial charge in [-0.05, 0) is 12.6 Å². The highest BCUT2D eigenvalue weighted by atomic mass is 35.5. The highest BCUT2D eigenvalue weighted by molar-refractivity contribution is 5.85. The Balaban J connectivity index is 0.00000180. The first-order chi connectivity index (χ1) is 8.66. The van der Waals surface area contributed by atoms with Gasteiger partial charge >= 0.3 is 0 Å². The molecule has 1 fully saturated rings. The summed E-state index contributed by atoms with van der Waals surface area (Å²) in [7, 11) is 3.88. The van der Waals surface area contributed by atoms with E-state index in [-0.39, 0.29) is 18.3 Å². The molecule has 1 heterocycles. The van der Waals surface area contributed by atoms with Gasteiger partial charge in [-0.2, -0.15) is 0 Å². The van der Waals surface area contributed by atoms with Crippen LogP contribution in [0.2, 0.25) is 0 Å². The van der Waals surface area contributed by atoms with Crippen molar-refractivity contribution in [1.82, 2.24) is 15.1 Å². The highest BCUT2D eigenvalue weighted by Crippen LogP contribution is 2.05. The van der Waals surface area contributed by atoms with Gasteiger partial charge in [0.15, 0.2) is 0 Å². The fourth-order valence-corrected chi connectivity index (χ4v) is 1.99. The molecule has 1 saturated heterocycles. The van der Waals surface area contributed by atoms with Crippen molar-refractivity contribution in [3.05, 3.63) is 35.9 Å². The summed E-state index contributed by atoms with van der Waals surface area (Å²) in [6.07, 6.45) is 0. The van der Waals surface area contributed by atoms with Crippen LogP contribution < -0.4 is 5.32 Å². The smallest absolute Gasteiger partial charge is 0.236 e. The molecule has 2 rings (SSSR count). The lowest BCUT2D eigenvalue weighted by Gasteiger charge is -2.35. The molecular formula is C14H22ClN3O. The minimum absolute atomic E-state index is 0. The molecular weight excluding hydrogens is 262 g/mol. The number of carbonyl (C=O) groups is 1. The van der Waals surface area contributed by atoms with E-state index in [1.807, 2.05) is 44.4 Å². The number of halogens is 1. The van der Waals surface area contributed by atoms with Crippen LogP contribution in [0.1, 0.15) is 5.56 Å². The van der Waals surface area contributed by atoms with Crippen LogP contribution in [0.3, 0.4) is 0 Å². The Morgan fingerprint density at radius 2 is 1.89 bits per heavy atom. The second kappa shape index (κ2) is 7.48. The Bertz CT molecular complexity index is 395. The van der Waals surface area contributed by atoms with Crippen molar-refractivity contribution in [2.75, 3.05) is 33.7 Å². The number of hydrogen-bond donors (Lipinski definition) is 1. The van der Waals surface area contributed by atoms with E-state index < -0.39 is 0 Å². The lowest BCUT2D eigenvalue weighted by atomic mass is 10.1. The Morgan fingerprint density at radius 3 is 2.42 bits per heavy atom. The minimum atomic E-state index is 0. The van der Waals surface area contributed by atoms with E-state index in [9.17, 15) is 4.79 Å². The number of nitrogens with one attached hydrogen (secondary N) is 1. The van der Waals surface area contributed by atoms with Gasteiger partial charge in [0.2, 0.25) is 5.91 Å². The molecule has 1 aliphatic heterocycles. The molecule has 106 valence electrons. The highest BCUT2D eigenvalue weighted by Gasteiger charge is 2.23. The number of carbonyl (C=O) groups excluding carboxylic acids is 1. The third kappa shape index (κ3) is 4.49. The molecule has 1 aromatic rings. The summed E-state index contributed by atoms with van der Waals surface area (Å²) in [5.41, 5.74) is 1.17. The summed E-state index contributed by atoms with van der Waals surface area (Å²) in [6, 6.07) is 10.6. The van der Waals surface area contributed by atoms with Gasteiger partial charge in [-0.15, -0.1) is 12.4 Å². The van der Waals surface area contributed by atoms with Gasteiger partial charge in [0.25, 0.3) is 0 Å². The van der Waals surface area contributed by atoms with Gasteiger partial charge in [0.1, 0.15) is 0 Å². The molecule has 0 atom stereocenters. The Labute approximate surface area is 121 Å². The van der Waals surface area contributed by atoms with E-state index in [1.54, 1.807) is 4.90 Å². The number of rotatable bonds is 5. The van der Waals surface area contributed by atoms with Crippen LogP contribution in [0, 0.1) is 0 Å². The first-order valence-corrected chi connectivity index (χ1v) is 6.35. The quantitative estimate of drug-likeness (QED) is 0.875. The first kappa shape index (κ1) is 16.0. The van der Waals surface area contributed by atoms with Crippen LogP contribution in [-0.2, 0) is 11.3 Å². The molecule has 1 aromatic carbocycles. The molecule has 0 radical (unpaired) electrons. The summed E-state index contributed by atoms with van der Waals surface area (Å²) in [4.78, 5) is 16.0. The zero-order valence-electron chi connectivity index (χ0n) is 11.5. The zero-order chi connectivity index (χ0) is 13.0. The third-order valence-corrected chi connectivity index (χ3v) is 3.46.